The van der Waals surface area contributed by atoms with Crippen LogP contribution in [-0.2, 0) is 11.2 Å². The molecule has 0 saturated carbocycles. The van der Waals surface area contributed by atoms with E-state index in [1.807, 2.05) is 19.1 Å². The van der Waals surface area contributed by atoms with Gasteiger partial charge in [0.2, 0.25) is 12.7 Å². The number of carbonyl (C=O) groups is 1. The Bertz CT molecular complexity index is 728. The fourth-order valence-corrected chi connectivity index (χ4v) is 2.62. The number of hydrogen-bond acceptors (Lipinski definition) is 4. The second kappa shape index (κ2) is 6.60. The zero-order valence-corrected chi connectivity index (χ0v) is 13.3. The normalized spacial score (nSPS) is 12.1. The van der Waals surface area contributed by atoms with Crippen molar-refractivity contribution in [1.82, 2.24) is 0 Å². The van der Waals surface area contributed by atoms with Crippen LogP contribution in [0.15, 0.2) is 36.4 Å². The summed E-state index contributed by atoms with van der Waals surface area (Å²) in [7, 11) is 0. The molecule has 120 valence electrons. The molecule has 1 heterocycles. The lowest BCUT2D eigenvalue weighted by molar-refractivity contribution is -0.114. The lowest BCUT2D eigenvalue weighted by atomic mass is 10.1. The lowest BCUT2D eigenvalue weighted by Gasteiger charge is -2.14. The number of fused-ring (bicyclic) bond motifs is 1. The first kappa shape index (κ1) is 15.2. The van der Waals surface area contributed by atoms with E-state index in [2.05, 4.69) is 23.6 Å². The summed E-state index contributed by atoms with van der Waals surface area (Å²) in [6.45, 7) is 4.58. The molecule has 5 heteroatoms. The smallest absolute Gasteiger partial charge is 0.243 e. The van der Waals surface area contributed by atoms with E-state index >= 15 is 0 Å². The fourth-order valence-electron chi connectivity index (χ4n) is 2.62. The van der Waals surface area contributed by atoms with E-state index in [0.717, 1.165) is 17.7 Å². The number of amides is 1. The van der Waals surface area contributed by atoms with Gasteiger partial charge in [0.15, 0.2) is 11.5 Å². The van der Waals surface area contributed by atoms with Gasteiger partial charge in [-0.15, -0.1) is 0 Å². The maximum atomic E-state index is 12.2. The van der Waals surface area contributed by atoms with Crippen LogP contribution in [0.1, 0.15) is 18.1 Å². The average Bonchev–Trinajstić information content (AvgIpc) is 3.01. The summed E-state index contributed by atoms with van der Waals surface area (Å²) < 4.78 is 10.6. The predicted molar refractivity (Wildman–Crippen MR) is 90.2 cm³/mol. The number of nitrogens with one attached hydrogen (secondary N) is 2. The molecule has 3 rings (SSSR count). The van der Waals surface area contributed by atoms with E-state index in [9.17, 15) is 4.79 Å². The molecule has 0 atom stereocenters. The van der Waals surface area contributed by atoms with Crippen LogP contribution in [0.3, 0.4) is 0 Å². The van der Waals surface area contributed by atoms with Crippen molar-refractivity contribution in [3.8, 4) is 11.5 Å². The minimum Gasteiger partial charge on any atom is -0.454 e. The maximum Gasteiger partial charge on any atom is 0.243 e. The number of hydrogen-bond donors (Lipinski definition) is 2. The summed E-state index contributed by atoms with van der Waals surface area (Å²) in [6, 6.07) is 11.5. The van der Waals surface area contributed by atoms with Gasteiger partial charge in [-0.25, -0.2) is 0 Å². The topological polar surface area (TPSA) is 59.6 Å². The highest BCUT2D eigenvalue weighted by Gasteiger charge is 2.14. The number of carbonyl (C=O) groups excluding carboxylic acids is 1. The van der Waals surface area contributed by atoms with E-state index < -0.39 is 0 Å². The molecule has 0 bridgehead atoms. The van der Waals surface area contributed by atoms with Crippen LogP contribution in [0.2, 0.25) is 0 Å². The molecule has 2 aromatic rings. The van der Waals surface area contributed by atoms with Gasteiger partial charge in [0.1, 0.15) is 0 Å². The monoisotopic (exact) mass is 312 g/mol. The number of ether oxygens (including phenoxy) is 2. The fraction of sp³-hybridized carbons (Fsp3) is 0.278. The number of benzene rings is 2. The molecule has 1 aliphatic rings. The van der Waals surface area contributed by atoms with Crippen molar-refractivity contribution in [1.29, 1.82) is 0 Å². The van der Waals surface area contributed by atoms with Gasteiger partial charge in [0, 0.05) is 17.4 Å². The van der Waals surface area contributed by atoms with Gasteiger partial charge in [0.25, 0.3) is 0 Å². The number of rotatable bonds is 5. The zero-order valence-electron chi connectivity index (χ0n) is 13.3. The van der Waals surface area contributed by atoms with Crippen LogP contribution in [0.5, 0.6) is 11.5 Å². The van der Waals surface area contributed by atoms with Crippen LogP contribution in [0, 0.1) is 6.92 Å². The molecule has 1 aliphatic heterocycles. The Morgan fingerprint density at radius 3 is 2.83 bits per heavy atom. The first-order valence-corrected chi connectivity index (χ1v) is 7.69. The SMILES string of the molecule is CCc1cccc(C)c1NCC(=O)Nc1ccc2c(c1)OCO2. The summed E-state index contributed by atoms with van der Waals surface area (Å²) in [5, 5.41) is 6.10. The van der Waals surface area contributed by atoms with Crippen molar-refractivity contribution < 1.29 is 14.3 Å². The second-order valence-corrected chi connectivity index (χ2v) is 5.43. The molecule has 0 aliphatic carbocycles. The van der Waals surface area contributed by atoms with Crippen molar-refractivity contribution >= 4 is 17.3 Å². The van der Waals surface area contributed by atoms with Crippen molar-refractivity contribution in [3.05, 3.63) is 47.5 Å². The third-order valence-electron chi connectivity index (χ3n) is 3.82. The molecule has 0 radical (unpaired) electrons. The van der Waals surface area contributed by atoms with E-state index in [4.69, 9.17) is 9.47 Å². The van der Waals surface area contributed by atoms with Crippen LogP contribution in [-0.4, -0.2) is 19.2 Å². The second-order valence-electron chi connectivity index (χ2n) is 5.43. The number of anilines is 2. The lowest BCUT2D eigenvalue weighted by Crippen LogP contribution is -2.22. The predicted octanol–water partition coefficient (Wildman–Crippen LogP) is 3.34. The number of aryl methyl sites for hydroxylation is 2. The Balaban J connectivity index is 1.62. The van der Waals surface area contributed by atoms with Crippen LogP contribution < -0.4 is 20.1 Å². The molecular weight excluding hydrogens is 292 g/mol. The molecule has 23 heavy (non-hydrogen) atoms. The minimum absolute atomic E-state index is 0.103. The van der Waals surface area contributed by atoms with E-state index in [0.29, 0.717) is 17.2 Å². The van der Waals surface area contributed by atoms with Gasteiger partial charge >= 0.3 is 0 Å². The van der Waals surface area contributed by atoms with Crippen LogP contribution in [0.4, 0.5) is 11.4 Å². The van der Waals surface area contributed by atoms with Gasteiger partial charge < -0.3 is 20.1 Å². The Kier molecular flexibility index (Phi) is 4.37. The maximum absolute atomic E-state index is 12.2. The van der Waals surface area contributed by atoms with E-state index in [1.54, 1.807) is 18.2 Å². The largest absolute Gasteiger partial charge is 0.454 e. The average molecular weight is 312 g/mol. The number of para-hydroxylation sites is 1. The van der Waals surface area contributed by atoms with Crippen molar-refractivity contribution in [2.45, 2.75) is 20.3 Å². The van der Waals surface area contributed by atoms with Gasteiger partial charge in [-0.05, 0) is 36.6 Å². The summed E-state index contributed by atoms with van der Waals surface area (Å²) in [5.74, 6) is 1.26. The molecule has 0 spiro atoms. The quantitative estimate of drug-likeness (QED) is 0.889. The first-order chi connectivity index (χ1) is 11.2. The van der Waals surface area contributed by atoms with Crippen LogP contribution in [0.25, 0.3) is 0 Å². The van der Waals surface area contributed by atoms with Gasteiger partial charge in [-0.2, -0.15) is 0 Å². The Labute approximate surface area is 135 Å². The van der Waals surface area contributed by atoms with Gasteiger partial charge in [0.05, 0.1) is 6.54 Å². The Hall–Kier alpha value is -2.69. The van der Waals surface area contributed by atoms with Crippen molar-refractivity contribution in [3.63, 3.8) is 0 Å². The molecule has 1 amide bonds. The molecule has 2 N–H and O–H groups in total. The van der Waals surface area contributed by atoms with Gasteiger partial charge in [-0.3, -0.25) is 4.79 Å². The third-order valence-corrected chi connectivity index (χ3v) is 3.82. The summed E-state index contributed by atoms with van der Waals surface area (Å²) in [6.07, 6.45) is 0.924. The molecule has 0 aromatic heterocycles. The van der Waals surface area contributed by atoms with Gasteiger partial charge in [-0.1, -0.05) is 25.1 Å². The molecular formula is C18H20N2O3. The third kappa shape index (κ3) is 3.39. The summed E-state index contributed by atoms with van der Waals surface area (Å²) >= 11 is 0. The van der Waals surface area contributed by atoms with E-state index in [-0.39, 0.29) is 19.2 Å². The minimum atomic E-state index is -0.103. The zero-order chi connectivity index (χ0) is 16.2. The Morgan fingerprint density at radius 1 is 1.17 bits per heavy atom. The standard InChI is InChI=1S/C18H20N2O3/c1-3-13-6-4-5-12(2)18(13)19-10-17(21)20-14-7-8-15-16(9-14)23-11-22-15/h4-9,19H,3,10-11H2,1-2H3,(H,20,21). The van der Waals surface area contributed by atoms with Crippen molar-refractivity contribution in [2.24, 2.45) is 0 Å². The highest BCUT2D eigenvalue weighted by atomic mass is 16.7. The molecule has 0 unspecified atom stereocenters. The van der Waals surface area contributed by atoms with Crippen molar-refractivity contribution in [2.75, 3.05) is 24.0 Å². The summed E-state index contributed by atoms with van der Waals surface area (Å²) in [5.41, 5.74) is 4.08. The molecule has 5 nitrogen and oxygen atoms in total. The Morgan fingerprint density at radius 2 is 2.00 bits per heavy atom. The van der Waals surface area contributed by atoms with Crippen LogP contribution >= 0.6 is 0 Å². The highest BCUT2D eigenvalue weighted by molar-refractivity contribution is 5.94. The summed E-state index contributed by atoms with van der Waals surface area (Å²) in [4.78, 5) is 12.2. The molecule has 2 aromatic carbocycles. The van der Waals surface area contributed by atoms with E-state index in [1.165, 1.54) is 5.56 Å². The molecule has 0 saturated heterocycles. The first-order valence-electron chi connectivity index (χ1n) is 7.69. The molecule has 0 fully saturated rings. The highest BCUT2D eigenvalue weighted by Crippen LogP contribution is 2.34.